The van der Waals surface area contributed by atoms with E-state index in [0.717, 1.165) is 31.2 Å². The zero-order chi connectivity index (χ0) is 13.8. The smallest absolute Gasteiger partial charge is 0.313 e. The molecule has 1 fully saturated rings. The number of hydrogen-bond acceptors (Lipinski definition) is 2. The van der Waals surface area contributed by atoms with Crippen molar-refractivity contribution < 1.29 is 9.59 Å². The molecule has 102 valence electrons. The molecule has 5 heteroatoms. The molecule has 0 aliphatic heterocycles. The molecule has 0 atom stereocenters. The quantitative estimate of drug-likeness (QED) is 0.818. The second-order valence-electron chi connectivity index (χ2n) is 4.87. The number of rotatable bonds is 2. The summed E-state index contributed by atoms with van der Waals surface area (Å²) in [6, 6.07) is 5.31. The molecular weight excluding hydrogens is 264 g/mol. The van der Waals surface area contributed by atoms with Crippen molar-refractivity contribution in [3.05, 3.63) is 28.8 Å². The maximum atomic E-state index is 11.8. The van der Waals surface area contributed by atoms with Crippen LogP contribution < -0.4 is 10.6 Å². The van der Waals surface area contributed by atoms with Gasteiger partial charge in [0.1, 0.15) is 0 Å². The van der Waals surface area contributed by atoms with Gasteiger partial charge in [0.2, 0.25) is 0 Å². The van der Waals surface area contributed by atoms with Crippen LogP contribution in [0.25, 0.3) is 0 Å². The minimum Gasteiger partial charge on any atom is -0.345 e. The molecule has 4 nitrogen and oxygen atoms in total. The number of carbonyl (C=O) groups is 2. The molecule has 0 unspecified atom stereocenters. The lowest BCUT2D eigenvalue weighted by Crippen LogP contribution is -2.40. The molecule has 2 amide bonds. The molecule has 0 spiro atoms. The normalized spacial score (nSPS) is 15.3. The van der Waals surface area contributed by atoms with Crippen molar-refractivity contribution in [1.82, 2.24) is 5.32 Å². The van der Waals surface area contributed by atoms with Gasteiger partial charge in [0, 0.05) is 16.8 Å². The Morgan fingerprint density at radius 2 is 1.89 bits per heavy atom. The molecule has 1 aliphatic rings. The van der Waals surface area contributed by atoms with Crippen LogP contribution in [0.5, 0.6) is 0 Å². The van der Waals surface area contributed by atoms with Crippen LogP contribution in [0.15, 0.2) is 18.2 Å². The fourth-order valence-corrected chi connectivity index (χ4v) is 2.40. The van der Waals surface area contributed by atoms with Crippen LogP contribution in [0, 0.1) is 6.92 Å². The second kappa shape index (κ2) is 6.06. The van der Waals surface area contributed by atoms with Crippen LogP contribution in [0.1, 0.15) is 31.2 Å². The first-order chi connectivity index (χ1) is 9.06. The van der Waals surface area contributed by atoms with Gasteiger partial charge in [-0.05, 0) is 37.5 Å². The highest BCUT2D eigenvalue weighted by atomic mass is 35.5. The Morgan fingerprint density at radius 1 is 1.21 bits per heavy atom. The summed E-state index contributed by atoms with van der Waals surface area (Å²) in [7, 11) is 0. The van der Waals surface area contributed by atoms with E-state index in [2.05, 4.69) is 10.6 Å². The largest absolute Gasteiger partial charge is 0.345 e. The molecule has 2 rings (SSSR count). The van der Waals surface area contributed by atoms with Gasteiger partial charge in [-0.15, -0.1) is 0 Å². The molecule has 0 saturated heterocycles. The molecule has 0 aromatic heterocycles. The van der Waals surface area contributed by atoms with Gasteiger partial charge in [-0.3, -0.25) is 9.59 Å². The van der Waals surface area contributed by atoms with Crippen molar-refractivity contribution in [2.75, 3.05) is 5.32 Å². The van der Waals surface area contributed by atoms with Crippen molar-refractivity contribution >= 4 is 29.1 Å². The van der Waals surface area contributed by atoms with E-state index >= 15 is 0 Å². The lowest BCUT2D eigenvalue weighted by atomic mass is 10.2. The van der Waals surface area contributed by atoms with Crippen LogP contribution in [0.2, 0.25) is 5.02 Å². The van der Waals surface area contributed by atoms with E-state index in [0.29, 0.717) is 10.7 Å². The monoisotopic (exact) mass is 280 g/mol. The summed E-state index contributed by atoms with van der Waals surface area (Å²) in [5.41, 5.74) is 1.44. The van der Waals surface area contributed by atoms with Gasteiger partial charge in [0.25, 0.3) is 0 Å². The maximum Gasteiger partial charge on any atom is 0.313 e. The first-order valence-electron chi connectivity index (χ1n) is 6.44. The molecule has 1 aliphatic carbocycles. The Balaban J connectivity index is 1.96. The van der Waals surface area contributed by atoms with E-state index in [-0.39, 0.29) is 6.04 Å². The Hall–Kier alpha value is -1.55. The number of amides is 2. The number of benzene rings is 1. The van der Waals surface area contributed by atoms with Crippen LogP contribution in [0.3, 0.4) is 0 Å². The molecule has 19 heavy (non-hydrogen) atoms. The van der Waals surface area contributed by atoms with Crippen LogP contribution in [-0.2, 0) is 9.59 Å². The van der Waals surface area contributed by atoms with Crippen LogP contribution >= 0.6 is 11.6 Å². The zero-order valence-electron chi connectivity index (χ0n) is 10.8. The summed E-state index contributed by atoms with van der Waals surface area (Å²) in [4.78, 5) is 23.5. The lowest BCUT2D eigenvalue weighted by molar-refractivity contribution is -0.136. The summed E-state index contributed by atoms with van der Waals surface area (Å²) in [6.07, 6.45) is 4.13. The van der Waals surface area contributed by atoms with Gasteiger partial charge < -0.3 is 10.6 Å². The minimum atomic E-state index is -0.641. The van der Waals surface area contributed by atoms with Crippen molar-refractivity contribution in [2.45, 2.75) is 38.6 Å². The van der Waals surface area contributed by atoms with Gasteiger partial charge in [-0.25, -0.2) is 0 Å². The lowest BCUT2D eigenvalue weighted by Gasteiger charge is -2.12. The van der Waals surface area contributed by atoms with Crippen LogP contribution in [-0.4, -0.2) is 17.9 Å². The first kappa shape index (κ1) is 13.9. The van der Waals surface area contributed by atoms with Crippen LogP contribution in [0.4, 0.5) is 5.69 Å². The molecule has 0 heterocycles. The molecule has 2 N–H and O–H groups in total. The average Bonchev–Trinajstić information content (AvgIpc) is 2.86. The van der Waals surface area contributed by atoms with Gasteiger partial charge in [0.15, 0.2) is 0 Å². The number of anilines is 1. The third kappa shape index (κ3) is 3.70. The third-order valence-corrected chi connectivity index (χ3v) is 3.58. The van der Waals surface area contributed by atoms with Gasteiger partial charge in [-0.1, -0.05) is 30.5 Å². The van der Waals surface area contributed by atoms with Crippen molar-refractivity contribution in [1.29, 1.82) is 0 Å². The number of hydrogen-bond donors (Lipinski definition) is 2. The predicted molar refractivity (Wildman–Crippen MR) is 75.2 cm³/mol. The molecule has 1 aromatic rings. The predicted octanol–water partition coefficient (Wildman–Crippen LogP) is 2.65. The summed E-state index contributed by atoms with van der Waals surface area (Å²) in [6.45, 7) is 1.85. The summed E-state index contributed by atoms with van der Waals surface area (Å²) < 4.78 is 0. The third-order valence-electron chi connectivity index (χ3n) is 3.34. The number of aryl methyl sites for hydroxylation is 1. The summed E-state index contributed by atoms with van der Waals surface area (Å²) >= 11 is 5.87. The first-order valence-corrected chi connectivity index (χ1v) is 6.82. The minimum absolute atomic E-state index is 0.138. The highest BCUT2D eigenvalue weighted by Crippen LogP contribution is 2.20. The number of halogens is 1. The molecule has 1 aromatic carbocycles. The van der Waals surface area contributed by atoms with Crippen molar-refractivity contribution in [3.63, 3.8) is 0 Å². The highest BCUT2D eigenvalue weighted by molar-refractivity contribution is 6.40. The molecular formula is C14H17ClN2O2. The average molecular weight is 281 g/mol. The van der Waals surface area contributed by atoms with Crippen molar-refractivity contribution in [3.8, 4) is 0 Å². The molecule has 0 bridgehead atoms. The highest BCUT2D eigenvalue weighted by Gasteiger charge is 2.21. The van der Waals surface area contributed by atoms with Gasteiger partial charge >= 0.3 is 11.8 Å². The van der Waals surface area contributed by atoms with E-state index in [4.69, 9.17) is 11.6 Å². The van der Waals surface area contributed by atoms with E-state index in [1.165, 1.54) is 0 Å². The topological polar surface area (TPSA) is 58.2 Å². The Labute approximate surface area is 117 Å². The summed E-state index contributed by atoms with van der Waals surface area (Å²) in [5, 5.41) is 5.86. The number of nitrogens with one attached hydrogen (secondary N) is 2. The van der Waals surface area contributed by atoms with E-state index in [9.17, 15) is 9.59 Å². The van der Waals surface area contributed by atoms with E-state index < -0.39 is 11.8 Å². The Bertz CT molecular complexity index is 496. The summed E-state index contributed by atoms with van der Waals surface area (Å²) in [5.74, 6) is -1.22. The Kier molecular flexibility index (Phi) is 4.43. The zero-order valence-corrected chi connectivity index (χ0v) is 11.6. The van der Waals surface area contributed by atoms with Gasteiger partial charge in [-0.2, -0.15) is 0 Å². The SMILES string of the molecule is Cc1ccc(Cl)cc1NC(=O)C(=O)NC1CCCC1. The fourth-order valence-electron chi connectivity index (χ4n) is 2.23. The fraction of sp³-hybridized carbons (Fsp3) is 0.429. The molecule has 1 saturated carbocycles. The Morgan fingerprint density at radius 3 is 2.58 bits per heavy atom. The standard InChI is InChI=1S/C14H17ClN2O2/c1-9-6-7-10(15)8-12(9)17-14(19)13(18)16-11-4-2-3-5-11/h6-8,11H,2-5H2,1H3,(H,16,18)(H,17,19). The van der Waals surface area contributed by atoms with E-state index in [1.807, 2.05) is 6.92 Å². The van der Waals surface area contributed by atoms with Crippen molar-refractivity contribution in [2.24, 2.45) is 0 Å². The van der Waals surface area contributed by atoms with Gasteiger partial charge in [0.05, 0.1) is 0 Å². The van der Waals surface area contributed by atoms with E-state index in [1.54, 1.807) is 18.2 Å². The molecule has 0 radical (unpaired) electrons. The second-order valence-corrected chi connectivity index (χ2v) is 5.30. The number of carbonyl (C=O) groups excluding carboxylic acids is 2. The maximum absolute atomic E-state index is 11.8.